The number of rotatable bonds is 47. The van der Waals surface area contributed by atoms with Crippen LogP contribution in [0.2, 0.25) is 0 Å². The summed E-state index contributed by atoms with van der Waals surface area (Å²) in [5.74, 6) is -0.137. The molecule has 0 fully saturated rings. The van der Waals surface area contributed by atoms with Crippen molar-refractivity contribution in [2.24, 2.45) is 0 Å². The Morgan fingerprint density at radius 3 is 0.868 bits per heavy atom. The van der Waals surface area contributed by atoms with Crippen LogP contribution in [0.4, 0.5) is 0 Å². The molecule has 53 heavy (non-hydrogen) atoms. The highest BCUT2D eigenvalue weighted by molar-refractivity contribution is 5.69. The predicted octanol–water partition coefficient (Wildman–Crippen LogP) is 5.06. The molecular weight excluding hydrogens is 692 g/mol. The fraction of sp³-hybridized carbons (Fsp3) is 0.974. The molecule has 0 aromatic heterocycles. The molecule has 14 nitrogen and oxygen atoms in total. The van der Waals surface area contributed by atoms with Gasteiger partial charge in [0.25, 0.3) is 0 Å². The van der Waals surface area contributed by atoms with Gasteiger partial charge in [0.05, 0.1) is 158 Å². The quantitative estimate of drug-likeness (QED) is 0.0603. The van der Waals surface area contributed by atoms with Crippen LogP contribution in [0.15, 0.2) is 0 Å². The van der Waals surface area contributed by atoms with E-state index in [1.165, 1.54) is 44.9 Å². The maximum Gasteiger partial charge on any atom is 0.305 e. The number of esters is 1. The van der Waals surface area contributed by atoms with Crippen molar-refractivity contribution in [3.05, 3.63) is 0 Å². The molecule has 0 radical (unpaired) electrons. The first-order chi connectivity index (χ1) is 26.2. The second kappa shape index (κ2) is 47.1. The second-order valence-corrected chi connectivity index (χ2v) is 12.5. The lowest BCUT2D eigenvalue weighted by atomic mass is 10.1. The lowest BCUT2D eigenvalue weighted by molar-refractivity contribution is -0.145. The molecule has 0 heterocycles. The van der Waals surface area contributed by atoms with Gasteiger partial charge in [-0.25, -0.2) is 0 Å². The molecule has 318 valence electrons. The average molecular weight is 771 g/mol. The van der Waals surface area contributed by atoms with Crippen LogP contribution < -0.4 is 0 Å². The third-order valence-corrected chi connectivity index (χ3v) is 7.37. The number of carbonyl (C=O) groups excluding carboxylic acids is 1. The van der Waals surface area contributed by atoms with Gasteiger partial charge in [0.1, 0.15) is 6.61 Å². The highest BCUT2D eigenvalue weighted by atomic mass is 16.6. The lowest BCUT2D eigenvalue weighted by Crippen LogP contribution is -2.16. The third-order valence-electron chi connectivity index (χ3n) is 7.37. The van der Waals surface area contributed by atoms with Crippen LogP contribution >= 0.6 is 0 Å². The molecule has 0 amide bonds. The van der Waals surface area contributed by atoms with E-state index in [1.54, 1.807) is 0 Å². The van der Waals surface area contributed by atoms with Crippen LogP contribution in [0.25, 0.3) is 0 Å². The molecule has 0 aromatic rings. The van der Waals surface area contributed by atoms with Gasteiger partial charge in [-0.1, -0.05) is 58.3 Å². The van der Waals surface area contributed by atoms with Crippen LogP contribution in [-0.4, -0.2) is 171 Å². The first kappa shape index (κ1) is 52.0. The maximum atomic E-state index is 11.8. The second-order valence-electron chi connectivity index (χ2n) is 12.5. The third kappa shape index (κ3) is 49.0. The molecule has 0 bridgehead atoms. The molecule has 0 aromatic carbocycles. The zero-order valence-corrected chi connectivity index (χ0v) is 33.8. The van der Waals surface area contributed by atoms with Gasteiger partial charge >= 0.3 is 5.97 Å². The van der Waals surface area contributed by atoms with Gasteiger partial charge in [-0.2, -0.15) is 0 Å². The van der Waals surface area contributed by atoms with E-state index < -0.39 is 0 Å². The molecule has 0 atom stereocenters. The minimum Gasteiger partial charge on any atom is -0.463 e. The van der Waals surface area contributed by atoms with Gasteiger partial charge in [-0.05, 0) is 20.3 Å². The Bertz CT molecular complexity index is 689. The molecule has 0 spiro atoms. The van der Waals surface area contributed by atoms with Crippen molar-refractivity contribution in [3.63, 3.8) is 0 Å². The van der Waals surface area contributed by atoms with Crippen molar-refractivity contribution in [1.29, 1.82) is 0 Å². The smallest absolute Gasteiger partial charge is 0.305 e. The van der Waals surface area contributed by atoms with E-state index in [0.29, 0.717) is 158 Å². The summed E-state index contributed by atoms with van der Waals surface area (Å²) < 4.78 is 70.8. The standard InChI is InChI=1S/C39H78O14/c1-4-5-6-7-8-9-10-11-12-13-39(40)53-37-35-51-33-31-49-29-27-47-25-23-45-21-19-43-17-15-41-14-16-42-18-20-44-22-24-46-26-28-48-30-32-50-34-36-52-38(2)3/h38H,4-37H2,1-3H3. The fourth-order valence-corrected chi connectivity index (χ4v) is 4.51. The largest absolute Gasteiger partial charge is 0.463 e. The van der Waals surface area contributed by atoms with Crippen molar-refractivity contribution in [3.8, 4) is 0 Å². The van der Waals surface area contributed by atoms with E-state index in [1.807, 2.05) is 13.8 Å². The van der Waals surface area contributed by atoms with Gasteiger partial charge in [0.15, 0.2) is 0 Å². The molecule has 14 heteroatoms. The molecule has 0 N–H and O–H groups in total. The van der Waals surface area contributed by atoms with Crippen molar-refractivity contribution in [2.75, 3.05) is 159 Å². The highest BCUT2D eigenvalue weighted by Gasteiger charge is 2.03. The summed E-state index contributed by atoms with van der Waals surface area (Å²) in [5, 5.41) is 0. The molecule has 0 rings (SSSR count). The lowest BCUT2D eigenvalue weighted by Gasteiger charge is -2.09. The Labute approximate surface area is 321 Å². The van der Waals surface area contributed by atoms with Gasteiger partial charge in [-0.15, -0.1) is 0 Å². The molecule has 0 saturated carbocycles. The average Bonchev–Trinajstić information content (AvgIpc) is 3.15. The van der Waals surface area contributed by atoms with E-state index in [0.717, 1.165) is 12.8 Å². The molecule has 0 aliphatic carbocycles. The Kier molecular flexibility index (Phi) is 46.2. The Morgan fingerprint density at radius 2 is 0.585 bits per heavy atom. The summed E-state index contributed by atoms with van der Waals surface area (Å²) in [6.45, 7) is 18.2. The van der Waals surface area contributed by atoms with E-state index in [9.17, 15) is 4.79 Å². The number of ether oxygens (including phenoxy) is 13. The predicted molar refractivity (Wildman–Crippen MR) is 203 cm³/mol. The number of unbranched alkanes of at least 4 members (excludes halogenated alkanes) is 8. The van der Waals surface area contributed by atoms with Crippen LogP contribution in [-0.2, 0) is 66.4 Å². The van der Waals surface area contributed by atoms with Crippen molar-refractivity contribution >= 4 is 5.97 Å². The van der Waals surface area contributed by atoms with Crippen LogP contribution in [0.5, 0.6) is 0 Å². The minimum atomic E-state index is -0.137. The molecule has 0 aliphatic rings. The monoisotopic (exact) mass is 771 g/mol. The van der Waals surface area contributed by atoms with E-state index >= 15 is 0 Å². The normalized spacial score (nSPS) is 11.6. The van der Waals surface area contributed by atoms with E-state index in [4.69, 9.17) is 61.6 Å². The minimum absolute atomic E-state index is 0.137. The Balaban J connectivity index is 3.11. The summed E-state index contributed by atoms with van der Waals surface area (Å²) in [5.41, 5.74) is 0. The van der Waals surface area contributed by atoms with Crippen molar-refractivity contribution in [1.82, 2.24) is 0 Å². The SMILES string of the molecule is CCCCCCCCCCCC(=O)OCCOCCOCCOCCOCCOCCOCCOCCOCCOCCOCCOCCOC(C)C. The Hall–Kier alpha value is -1.01. The summed E-state index contributed by atoms with van der Waals surface area (Å²) >= 11 is 0. The molecule has 0 aliphatic heterocycles. The summed E-state index contributed by atoms with van der Waals surface area (Å²) in [6.07, 6.45) is 11.8. The summed E-state index contributed by atoms with van der Waals surface area (Å²) in [4.78, 5) is 11.8. The first-order valence-corrected chi connectivity index (χ1v) is 20.3. The number of carbonyl (C=O) groups is 1. The first-order valence-electron chi connectivity index (χ1n) is 20.3. The van der Waals surface area contributed by atoms with Gasteiger partial charge < -0.3 is 61.6 Å². The highest BCUT2D eigenvalue weighted by Crippen LogP contribution is 2.10. The van der Waals surface area contributed by atoms with Crippen LogP contribution in [0.1, 0.15) is 85.0 Å². The van der Waals surface area contributed by atoms with Gasteiger partial charge in [0.2, 0.25) is 0 Å². The molecule has 0 saturated heterocycles. The summed E-state index contributed by atoms with van der Waals surface area (Å²) in [7, 11) is 0. The zero-order valence-electron chi connectivity index (χ0n) is 33.8. The van der Waals surface area contributed by atoms with Gasteiger partial charge in [-0.3, -0.25) is 4.79 Å². The molecule has 0 unspecified atom stereocenters. The number of hydrogen-bond donors (Lipinski definition) is 0. The fourth-order valence-electron chi connectivity index (χ4n) is 4.51. The Morgan fingerprint density at radius 1 is 0.340 bits per heavy atom. The van der Waals surface area contributed by atoms with Crippen LogP contribution in [0, 0.1) is 0 Å². The van der Waals surface area contributed by atoms with Crippen molar-refractivity contribution in [2.45, 2.75) is 91.1 Å². The summed E-state index contributed by atoms with van der Waals surface area (Å²) in [6, 6.07) is 0. The topological polar surface area (TPSA) is 137 Å². The molecular formula is C39H78O14. The number of hydrogen-bond acceptors (Lipinski definition) is 14. The maximum absolute atomic E-state index is 11.8. The van der Waals surface area contributed by atoms with Crippen LogP contribution in [0.3, 0.4) is 0 Å². The van der Waals surface area contributed by atoms with Gasteiger partial charge in [0, 0.05) is 6.42 Å². The zero-order chi connectivity index (χ0) is 38.4. The van der Waals surface area contributed by atoms with E-state index in [2.05, 4.69) is 6.92 Å². The van der Waals surface area contributed by atoms with E-state index in [-0.39, 0.29) is 18.7 Å². The van der Waals surface area contributed by atoms with Crippen molar-refractivity contribution < 1.29 is 66.4 Å².